The van der Waals surface area contributed by atoms with E-state index in [2.05, 4.69) is 11.9 Å². The molecule has 0 aromatic heterocycles. The number of halogens is 3. The highest BCUT2D eigenvalue weighted by atomic mass is 35.5. The summed E-state index contributed by atoms with van der Waals surface area (Å²) < 4.78 is 27.8. The minimum atomic E-state index is -0.908. The van der Waals surface area contributed by atoms with Crippen LogP contribution in [-0.2, 0) is 9.59 Å². The van der Waals surface area contributed by atoms with Gasteiger partial charge in [-0.1, -0.05) is 50.6 Å². The SMILES string of the molecule is C=C(C(=O)NC(=O)/C(=C/c1ccc(Cl)cc1)c1ccc(F)cc1F)C(CC)CCC. The lowest BCUT2D eigenvalue weighted by molar-refractivity contribution is -0.125. The molecule has 1 N–H and O–H groups in total. The lowest BCUT2D eigenvalue weighted by Crippen LogP contribution is -2.34. The van der Waals surface area contributed by atoms with Crippen molar-refractivity contribution in [1.29, 1.82) is 0 Å². The molecule has 158 valence electrons. The molecule has 0 aliphatic heterocycles. The Kier molecular flexibility index (Phi) is 8.48. The topological polar surface area (TPSA) is 46.2 Å². The first-order valence-electron chi connectivity index (χ1n) is 9.73. The van der Waals surface area contributed by atoms with E-state index in [9.17, 15) is 18.4 Å². The van der Waals surface area contributed by atoms with Gasteiger partial charge in [-0.05, 0) is 54.7 Å². The second kappa shape index (κ2) is 10.8. The summed E-state index contributed by atoms with van der Waals surface area (Å²) in [5.74, 6) is -3.13. The average Bonchev–Trinajstić information content (AvgIpc) is 2.71. The van der Waals surface area contributed by atoms with Gasteiger partial charge in [-0.25, -0.2) is 8.78 Å². The van der Waals surface area contributed by atoms with Crippen LogP contribution in [0.3, 0.4) is 0 Å². The normalized spacial score (nSPS) is 12.4. The fourth-order valence-corrected chi connectivity index (χ4v) is 3.23. The van der Waals surface area contributed by atoms with Crippen molar-refractivity contribution in [2.24, 2.45) is 5.92 Å². The zero-order valence-electron chi connectivity index (χ0n) is 17.0. The molecule has 2 aromatic rings. The highest BCUT2D eigenvalue weighted by Crippen LogP contribution is 2.24. The molecule has 0 saturated carbocycles. The molecule has 1 unspecified atom stereocenters. The van der Waals surface area contributed by atoms with Crippen LogP contribution in [-0.4, -0.2) is 11.8 Å². The fraction of sp³-hybridized carbons (Fsp3) is 0.250. The number of rotatable bonds is 8. The van der Waals surface area contributed by atoms with E-state index in [1.807, 2.05) is 13.8 Å². The number of nitrogens with one attached hydrogen (secondary N) is 1. The fourth-order valence-electron chi connectivity index (χ4n) is 3.11. The zero-order chi connectivity index (χ0) is 22.3. The molecule has 0 fully saturated rings. The molecule has 6 heteroatoms. The van der Waals surface area contributed by atoms with Crippen molar-refractivity contribution in [2.75, 3.05) is 0 Å². The van der Waals surface area contributed by atoms with Crippen LogP contribution in [0.2, 0.25) is 5.02 Å². The third-order valence-corrected chi connectivity index (χ3v) is 5.04. The Hall–Kier alpha value is -2.79. The van der Waals surface area contributed by atoms with Gasteiger partial charge in [0.1, 0.15) is 11.6 Å². The summed E-state index contributed by atoms with van der Waals surface area (Å²) in [6.45, 7) is 7.78. The maximum absolute atomic E-state index is 14.4. The van der Waals surface area contributed by atoms with E-state index < -0.39 is 23.4 Å². The molecule has 0 bridgehead atoms. The van der Waals surface area contributed by atoms with E-state index in [1.165, 1.54) is 6.08 Å². The highest BCUT2D eigenvalue weighted by molar-refractivity contribution is 6.31. The molecule has 2 aromatic carbocycles. The Labute approximate surface area is 180 Å². The van der Waals surface area contributed by atoms with Crippen LogP contribution in [0.4, 0.5) is 8.78 Å². The maximum atomic E-state index is 14.4. The maximum Gasteiger partial charge on any atom is 0.258 e. The van der Waals surface area contributed by atoms with Gasteiger partial charge in [0.15, 0.2) is 0 Å². The van der Waals surface area contributed by atoms with E-state index >= 15 is 0 Å². The van der Waals surface area contributed by atoms with Crippen molar-refractivity contribution in [2.45, 2.75) is 33.1 Å². The predicted molar refractivity (Wildman–Crippen MR) is 117 cm³/mol. The molecular weight excluding hydrogens is 408 g/mol. The molecule has 0 radical (unpaired) electrons. The summed E-state index contributed by atoms with van der Waals surface area (Å²) in [5.41, 5.74) is 0.637. The Balaban J connectivity index is 2.39. The minimum Gasteiger partial charge on any atom is -0.288 e. The van der Waals surface area contributed by atoms with Gasteiger partial charge in [-0.15, -0.1) is 0 Å². The lowest BCUT2D eigenvalue weighted by atomic mass is 9.92. The molecule has 30 heavy (non-hydrogen) atoms. The zero-order valence-corrected chi connectivity index (χ0v) is 17.7. The van der Waals surface area contributed by atoms with Crippen LogP contribution in [0, 0.1) is 17.6 Å². The second-order valence-corrected chi connectivity index (χ2v) is 7.37. The number of carbonyl (C=O) groups is 2. The van der Waals surface area contributed by atoms with Crippen LogP contribution < -0.4 is 5.32 Å². The first kappa shape index (κ1) is 23.5. The van der Waals surface area contributed by atoms with Crippen LogP contribution >= 0.6 is 11.6 Å². The Morgan fingerprint density at radius 2 is 1.77 bits per heavy atom. The van der Waals surface area contributed by atoms with Crippen LogP contribution in [0.25, 0.3) is 11.6 Å². The Morgan fingerprint density at radius 3 is 2.33 bits per heavy atom. The summed E-state index contributed by atoms with van der Waals surface area (Å²) in [6.07, 6.45) is 3.79. The molecule has 0 heterocycles. The summed E-state index contributed by atoms with van der Waals surface area (Å²) in [5, 5.41) is 2.79. The molecule has 0 saturated heterocycles. The minimum absolute atomic E-state index is 0.0472. The van der Waals surface area contributed by atoms with Gasteiger partial charge >= 0.3 is 0 Å². The van der Waals surface area contributed by atoms with Gasteiger partial charge in [-0.3, -0.25) is 14.9 Å². The number of amides is 2. The quantitative estimate of drug-likeness (QED) is 0.400. The predicted octanol–water partition coefficient (Wildman–Crippen LogP) is 6.18. The van der Waals surface area contributed by atoms with Crippen molar-refractivity contribution < 1.29 is 18.4 Å². The van der Waals surface area contributed by atoms with Crippen molar-refractivity contribution in [1.82, 2.24) is 5.32 Å². The van der Waals surface area contributed by atoms with Gasteiger partial charge in [0.05, 0.1) is 5.57 Å². The van der Waals surface area contributed by atoms with E-state index in [0.717, 1.165) is 25.0 Å². The van der Waals surface area contributed by atoms with Gasteiger partial charge in [-0.2, -0.15) is 0 Å². The second-order valence-electron chi connectivity index (χ2n) is 6.94. The standard InChI is InChI=1S/C24H24ClF2NO2/c1-4-6-17(5-2)15(3)23(29)28-24(30)21(13-16-7-9-18(25)10-8-16)20-12-11-19(26)14-22(20)27/h7-14,17H,3-6H2,1-2H3,(H,28,29,30)/b21-13+. The van der Waals surface area contributed by atoms with Gasteiger partial charge < -0.3 is 0 Å². The molecular formula is C24H24ClF2NO2. The van der Waals surface area contributed by atoms with Gasteiger partial charge in [0.25, 0.3) is 11.8 Å². The molecule has 0 aliphatic rings. The van der Waals surface area contributed by atoms with Crippen LogP contribution in [0.5, 0.6) is 0 Å². The lowest BCUT2D eigenvalue weighted by Gasteiger charge is -2.17. The number of hydrogen-bond acceptors (Lipinski definition) is 2. The van der Waals surface area contributed by atoms with Gasteiger partial charge in [0.2, 0.25) is 0 Å². The van der Waals surface area contributed by atoms with Crippen LogP contribution in [0.15, 0.2) is 54.6 Å². The van der Waals surface area contributed by atoms with Gasteiger partial charge in [0, 0.05) is 22.2 Å². The first-order valence-corrected chi connectivity index (χ1v) is 10.1. The number of hydrogen-bond donors (Lipinski definition) is 1. The Bertz CT molecular complexity index is 968. The molecule has 0 aliphatic carbocycles. The molecule has 2 amide bonds. The Morgan fingerprint density at radius 1 is 1.10 bits per heavy atom. The first-order chi connectivity index (χ1) is 14.3. The van der Waals surface area contributed by atoms with E-state index in [0.29, 0.717) is 28.6 Å². The smallest absolute Gasteiger partial charge is 0.258 e. The summed E-state index contributed by atoms with van der Waals surface area (Å²) >= 11 is 5.89. The summed E-state index contributed by atoms with van der Waals surface area (Å²) in [6, 6.07) is 9.43. The molecule has 3 nitrogen and oxygen atoms in total. The molecule has 0 spiro atoms. The number of carbonyl (C=O) groups excluding carboxylic acids is 2. The number of benzene rings is 2. The molecule has 1 atom stereocenters. The van der Waals surface area contributed by atoms with Crippen molar-refractivity contribution in [3.8, 4) is 0 Å². The van der Waals surface area contributed by atoms with Crippen molar-refractivity contribution in [3.05, 3.63) is 82.4 Å². The number of imide groups is 1. The summed E-state index contributed by atoms with van der Waals surface area (Å²) in [4.78, 5) is 25.5. The summed E-state index contributed by atoms with van der Waals surface area (Å²) in [7, 11) is 0. The molecule has 2 rings (SSSR count). The highest BCUT2D eigenvalue weighted by Gasteiger charge is 2.22. The van der Waals surface area contributed by atoms with E-state index in [4.69, 9.17) is 11.6 Å². The third-order valence-electron chi connectivity index (χ3n) is 4.79. The van der Waals surface area contributed by atoms with Crippen molar-refractivity contribution >= 4 is 35.1 Å². The van der Waals surface area contributed by atoms with Crippen LogP contribution in [0.1, 0.15) is 44.2 Å². The van der Waals surface area contributed by atoms with E-state index in [-0.39, 0.29) is 17.1 Å². The monoisotopic (exact) mass is 431 g/mol. The third kappa shape index (κ3) is 6.10. The van der Waals surface area contributed by atoms with Crippen molar-refractivity contribution in [3.63, 3.8) is 0 Å². The average molecular weight is 432 g/mol. The van der Waals surface area contributed by atoms with E-state index in [1.54, 1.807) is 24.3 Å². The largest absolute Gasteiger partial charge is 0.288 e.